The van der Waals surface area contributed by atoms with Crippen molar-refractivity contribution in [1.29, 1.82) is 5.41 Å². The van der Waals surface area contributed by atoms with Crippen LogP contribution in [0.25, 0.3) is 0 Å². The molecular weight excluding hydrogens is 304 g/mol. The summed E-state index contributed by atoms with van der Waals surface area (Å²) in [4.78, 5) is 11.9. The molecule has 1 aromatic rings. The van der Waals surface area contributed by atoms with E-state index in [0.29, 0.717) is 5.69 Å². The first kappa shape index (κ1) is 16.4. The minimum atomic E-state index is -3.55. The van der Waals surface area contributed by atoms with Crippen molar-refractivity contribution in [2.45, 2.75) is 37.6 Å². The lowest BCUT2D eigenvalue weighted by atomic mass is 10.2. The molecule has 0 unspecified atom stereocenters. The van der Waals surface area contributed by atoms with Crippen molar-refractivity contribution in [2.75, 3.05) is 11.9 Å². The van der Waals surface area contributed by atoms with Crippen LogP contribution in [0.3, 0.4) is 0 Å². The summed E-state index contributed by atoms with van der Waals surface area (Å²) in [5.74, 6) is -0.142. The van der Waals surface area contributed by atoms with Crippen LogP contribution in [-0.2, 0) is 14.8 Å². The molecule has 8 heteroatoms. The lowest BCUT2D eigenvalue weighted by molar-refractivity contribution is -0.115. The number of rotatable bonds is 6. The van der Waals surface area contributed by atoms with E-state index in [-0.39, 0.29) is 29.2 Å². The Morgan fingerprint density at radius 1 is 1.36 bits per heavy atom. The zero-order valence-electron chi connectivity index (χ0n) is 12.6. The second kappa shape index (κ2) is 6.45. The molecule has 0 atom stereocenters. The fourth-order valence-corrected chi connectivity index (χ4v) is 3.13. The molecule has 1 aromatic carbocycles. The van der Waals surface area contributed by atoms with Gasteiger partial charge in [-0.15, -0.1) is 0 Å². The van der Waals surface area contributed by atoms with Crippen molar-refractivity contribution in [3.8, 4) is 0 Å². The van der Waals surface area contributed by atoms with Crippen LogP contribution in [0, 0.1) is 12.3 Å². The van der Waals surface area contributed by atoms with Crippen LogP contribution in [0.5, 0.6) is 0 Å². The number of hydrogen-bond acceptors (Lipinski definition) is 4. The highest BCUT2D eigenvalue weighted by molar-refractivity contribution is 7.89. The number of anilines is 1. The highest BCUT2D eigenvalue weighted by atomic mass is 32.2. The van der Waals surface area contributed by atoms with Gasteiger partial charge < -0.3 is 10.6 Å². The topological polar surface area (TPSA) is 111 Å². The summed E-state index contributed by atoms with van der Waals surface area (Å²) in [6, 6.07) is 4.67. The molecule has 0 aromatic heterocycles. The molecule has 1 aliphatic rings. The normalized spacial score (nSPS) is 14.5. The van der Waals surface area contributed by atoms with Crippen molar-refractivity contribution in [2.24, 2.45) is 0 Å². The van der Waals surface area contributed by atoms with Gasteiger partial charge in [0, 0.05) is 11.7 Å². The average molecular weight is 324 g/mol. The Morgan fingerprint density at radius 2 is 2.05 bits per heavy atom. The van der Waals surface area contributed by atoms with E-state index in [1.807, 2.05) is 0 Å². The number of carbonyl (C=O) groups is 1. The molecular formula is C14H20N4O3S. The third-order valence-electron chi connectivity index (χ3n) is 3.21. The number of nitrogens with one attached hydrogen (secondary N) is 4. The Morgan fingerprint density at radius 3 is 2.64 bits per heavy atom. The molecule has 1 amide bonds. The van der Waals surface area contributed by atoms with Crippen LogP contribution in [0.1, 0.15) is 25.3 Å². The Balaban J connectivity index is 2.12. The summed E-state index contributed by atoms with van der Waals surface area (Å²) in [6.07, 6.45) is 1.73. The standard InChI is InChI=1S/C14H20N4O3S/c1-9-3-6-12(22(20,21)18-11-4-5-11)7-13(9)17-14(19)8-16-10(2)15/h3,6-7,11,18H,4-5,8H2,1-2H3,(H2,15,16)(H,17,19). The minimum Gasteiger partial charge on any atom is -0.365 e. The molecule has 0 aliphatic heterocycles. The molecule has 1 aliphatic carbocycles. The first-order chi connectivity index (χ1) is 10.3. The molecule has 0 spiro atoms. The van der Waals surface area contributed by atoms with Crippen LogP contribution < -0.4 is 15.4 Å². The minimum absolute atomic E-state index is 0.0316. The van der Waals surface area contributed by atoms with E-state index in [2.05, 4.69) is 15.4 Å². The van der Waals surface area contributed by atoms with Gasteiger partial charge in [-0.1, -0.05) is 6.07 Å². The molecule has 1 fully saturated rings. The zero-order chi connectivity index (χ0) is 16.3. The second-order valence-corrected chi connectivity index (χ2v) is 7.11. The van der Waals surface area contributed by atoms with Gasteiger partial charge in [0.25, 0.3) is 0 Å². The Labute approximate surface area is 130 Å². The highest BCUT2D eigenvalue weighted by Crippen LogP contribution is 2.24. The summed E-state index contributed by atoms with van der Waals surface area (Å²) in [5, 5.41) is 12.5. The van der Waals surface area contributed by atoms with E-state index >= 15 is 0 Å². The van der Waals surface area contributed by atoms with Crippen molar-refractivity contribution < 1.29 is 13.2 Å². The summed E-state index contributed by atoms with van der Waals surface area (Å²) in [5.41, 5.74) is 1.22. The van der Waals surface area contributed by atoms with Gasteiger partial charge in [0.15, 0.2) is 0 Å². The van der Waals surface area contributed by atoms with Gasteiger partial charge in [-0.2, -0.15) is 0 Å². The molecule has 0 radical (unpaired) electrons. The first-order valence-electron chi connectivity index (χ1n) is 7.00. The maximum atomic E-state index is 12.2. The third-order valence-corrected chi connectivity index (χ3v) is 4.72. The summed E-state index contributed by atoms with van der Waals surface area (Å²) >= 11 is 0. The van der Waals surface area contributed by atoms with Gasteiger partial charge >= 0.3 is 0 Å². The predicted octanol–water partition coefficient (Wildman–Crippen LogP) is 0.961. The van der Waals surface area contributed by atoms with Crippen LogP contribution in [0.4, 0.5) is 5.69 Å². The third kappa shape index (κ3) is 4.54. The number of amidine groups is 1. The van der Waals surface area contributed by atoms with Gasteiger partial charge in [-0.3, -0.25) is 10.2 Å². The number of benzene rings is 1. The van der Waals surface area contributed by atoms with Crippen LogP contribution in [0.15, 0.2) is 23.1 Å². The van der Waals surface area contributed by atoms with Crippen molar-refractivity contribution in [1.82, 2.24) is 10.0 Å². The molecule has 2 rings (SSSR count). The number of carbonyl (C=O) groups excluding carboxylic acids is 1. The van der Waals surface area contributed by atoms with E-state index in [9.17, 15) is 13.2 Å². The lowest BCUT2D eigenvalue weighted by Gasteiger charge is -2.12. The molecule has 0 saturated heterocycles. The molecule has 7 nitrogen and oxygen atoms in total. The molecule has 22 heavy (non-hydrogen) atoms. The van der Waals surface area contributed by atoms with Crippen molar-refractivity contribution in [3.63, 3.8) is 0 Å². The summed E-state index contributed by atoms with van der Waals surface area (Å²) in [6.45, 7) is 3.29. The smallest absolute Gasteiger partial charge is 0.243 e. The number of amides is 1. The van der Waals surface area contributed by atoms with Crippen LogP contribution in [0.2, 0.25) is 0 Å². The number of aryl methyl sites for hydroxylation is 1. The van der Waals surface area contributed by atoms with Gasteiger partial charge in [0.2, 0.25) is 15.9 Å². The number of sulfonamides is 1. The monoisotopic (exact) mass is 324 g/mol. The Kier molecular flexibility index (Phi) is 4.82. The molecule has 1 saturated carbocycles. The fraction of sp³-hybridized carbons (Fsp3) is 0.429. The largest absolute Gasteiger partial charge is 0.365 e. The quantitative estimate of drug-likeness (QED) is 0.461. The maximum absolute atomic E-state index is 12.2. The van der Waals surface area contributed by atoms with Crippen LogP contribution in [-0.4, -0.2) is 32.7 Å². The SMILES string of the molecule is CC(=N)NCC(=O)Nc1cc(S(=O)(=O)NC2CC2)ccc1C. The second-order valence-electron chi connectivity index (χ2n) is 5.40. The summed E-state index contributed by atoms with van der Waals surface area (Å²) in [7, 11) is -3.55. The van der Waals surface area contributed by atoms with E-state index in [1.54, 1.807) is 13.0 Å². The maximum Gasteiger partial charge on any atom is 0.243 e. The van der Waals surface area contributed by atoms with Crippen molar-refractivity contribution in [3.05, 3.63) is 23.8 Å². The Hall–Kier alpha value is -1.93. The number of hydrogen-bond donors (Lipinski definition) is 4. The van der Waals surface area contributed by atoms with E-state index in [0.717, 1.165) is 18.4 Å². The van der Waals surface area contributed by atoms with Gasteiger partial charge in [0.05, 0.1) is 17.3 Å². The van der Waals surface area contributed by atoms with E-state index in [4.69, 9.17) is 5.41 Å². The van der Waals surface area contributed by atoms with Gasteiger partial charge in [0.1, 0.15) is 0 Å². The predicted molar refractivity (Wildman–Crippen MR) is 84.6 cm³/mol. The van der Waals surface area contributed by atoms with Gasteiger partial charge in [-0.25, -0.2) is 13.1 Å². The van der Waals surface area contributed by atoms with E-state index in [1.165, 1.54) is 19.1 Å². The average Bonchev–Trinajstić information content (AvgIpc) is 3.22. The molecule has 0 heterocycles. The molecule has 4 N–H and O–H groups in total. The van der Waals surface area contributed by atoms with Gasteiger partial charge in [-0.05, 0) is 44.4 Å². The molecule has 120 valence electrons. The fourth-order valence-electron chi connectivity index (χ4n) is 1.80. The zero-order valence-corrected chi connectivity index (χ0v) is 13.4. The van der Waals surface area contributed by atoms with E-state index < -0.39 is 10.0 Å². The molecule has 0 bridgehead atoms. The van der Waals surface area contributed by atoms with Crippen molar-refractivity contribution >= 4 is 27.5 Å². The highest BCUT2D eigenvalue weighted by Gasteiger charge is 2.28. The first-order valence-corrected chi connectivity index (χ1v) is 8.48. The van der Waals surface area contributed by atoms with Crippen LogP contribution >= 0.6 is 0 Å². The lowest BCUT2D eigenvalue weighted by Crippen LogP contribution is -2.31. The summed E-state index contributed by atoms with van der Waals surface area (Å²) < 4.78 is 27.0. The Bertz CT molecular complexity index is 696.